The molecule has 0 unspecified atom stereocenters. The van der Waals surface area contributed by atoms with Gasteiger partial charge in [-0.05, 0) is 22.9 Å². The molecule has 0 saturated carbocycles. The summed E-state index contributed by atoms with van der Waals surface area (Å²) in [5.74, 6) is -0.367. The second kappa shape index (κ2) is 3.94. The Morgan fingerprint density at radius 1 is 1.50 bits per heavy atom. The van der Waals surface area contributed by atoms with E-state index in [0.29, 0.717) is 4.47 Å². The third kappa shape index (κ3) is 2.75. The van der Waals surface area contributed by atoms with E-state index in [4.69, 9.17) is 11.6 Å². The number of hydrogen-bond donors (Lipinski definition) is 0. The Balaban J connectivity index is 3.06. The zero-order valence-corrected chi connectivity index (χ0v) is 9.16. The van der Waals surface area contributed by atoms with Gasteiger partial charge < -0.3 is 4.74 Å². The summed E-state index contributed by atoms with van der Waals surface area (Å²) in [5, 5.41) is 0.0945. The second-order valence-corrected chi connectivity index (χ2v) is 3.55. The van der Waals surface area contributed by atoms with Gasteiger partial charge in [-0.15, -0.1) is 13.2 Å². The van der Waals surface area contributed by atoms with E-state index in [1.54, 1.807) is 0 Å². The summed E-state index contributed by atoms with van der Waals surface area (Å²) in [4.78, 5) is 3.52. The Morgan fingerprint density at radius 3 is 2.57 bits per heavy atom. The summed E-state index contributed by atoms with van der Waals surface area (Å²) in [5.41, 5.74) is 0.252. The molecule has 0 atom stereocenters. The van der Waals surface area contributed by atoms with E-state index in [2.05, 4.69) is 25.7 Å². The van der Waals surface area contributed by atoms with E-state index in [-0.39, 0.29) is 16.5 Å². The Kier molecular flexibility index (Phi) is 3.26. The number of hydrogen-bond acceptors (Lipinski definition) is 2. The molecule has 2 nitrogen and oxygen atoms in total. The standard InChI is InChI=1S/C7H4BrClF3NO/c1-3-4(14-7(10,11)12)2-13-6(9)5(3)8/h2H,1H3. The van der Waals surface area contributed by atoms with Crippen LogP contribution in [0.3, 0.4) is 0 Å². The summed E-state index contributed by atoms with van der Waals surface area (Å²) < 4.78 is 39.6. The van der Waals surface area contributed by atoms with E-state index >= 15 is 0 Å². The zero-order valence-electron chi connectivity index (χ0n) is 6.82. The van der Waals surface area contributed by atoms with Gasteiger partial charge in [0.2, 0.25) is 0 Å². The van der Waals surface area contributed by atoms with E-state index in [1.807, 2.05) is 0 Å². The molecule has 0 saturated heterocycles. The predicted octanol–water partition coefficient (Wildman–Crippen LogP) is 3.70. The molecule has 1 aromatic rings. The summed E-state index contributed by atoms with van der Waals surface area (Å²) in [6.07, 6.45) is -3.80. The van der Waals surface area contributed by atoms with Gasteiger partial charge in [-0.25, -0.2) is 4.98 Å². The molecule has 0 aliphatic heterocycles. The Labute approximate surface area is 91.2 Å². The van der Waals surface area contributed by atoms with Crippen molar-refractivity contribution in [1.29, 1.82) is 0 Å². The number of rotatable bonds is 1. The van der Waals surface area contributed by atoms with Crippen LogP contribution >= 0.6 is 27.5 Å². The normalized spacial score (nSPS) is 11.6. The van der Waals surface area contributed by atoms with E-state index < -0.39 is 6.36 Å². The van der Waals surface area contributed by atoms with Crippen molar-refractivity contribution in [1.82, 2.24) is 4.98 Å². The van der Waals surface area contributed by atoms with Gasteiger partial charge in [0.1, 0.15) is 5.15 Å². The third-order valence-corrected chi connectivity index (χ3v) is 2.89. The van der Waals surface area contributed by atoms with Crippen molar-refractivity contribution in [3.63, 3.8) is 0 Å². The maximum absolute atomic E-state index is 11.9. The van der Waals surface area contributed by atoms with E-state index in [0.717, 1.165) is 6.20 Å². The lowest BCUT2D eigenvalue weighted by Gasteiger charge is -2.11. The highest BCUT2D eigenvalue weighted by Crippen LogP contribution is 2.33. The molecule has 78 valence electrons. The van der Waals surface area contributed by atoms with Gasteiger partial charge in [-0.2, -0.15) is 0 Å². The van der Waals surface area contributed by atoms with Crippen LogP contribution in [0.2, 0.25) is 5.15 Å². The molecule has 0 spiro atoms. The van der Waals surface area contributed by atoms with Crippen molar-refractivity contribution in [3.05, 3.63) is 21.4 Å². The molecule has 7 heteroatoms. The Bertz CT molecular complexity index is 356. The minimum atomic E-state index is -4.72. The van der Waals surface area contributed by atoms with Gasteiger partial charge in [0.05, 0.1) is 10.7 Å². The lowest BCUT2D eigenvalue weighted by Crippen LogP contribution is -2.18. The van der Waals surface area contributed by atoms with Crippen molar-refractivity contribution < 1.29 is 17.9 Å². The molecule has 1 heterocycles. The molecule has 1 rings (SSSR count). The summed E-state index contributed by atoms with van der Waals surface area (Å²) in [6.45, 7) is 1.44. The molecule has 0 N–H and O–H groups in total. The fraction of sp³-hybridized carbons (Fsp3) is 0.286. The highest BCUT2D eigenvalue weighted by molar-refractivity contribution is 9.10. The van der Waals surface area contributed by atoms with Crippen molar-refractivity contribution >= 4 is 27.5 Å². The van der Waals surface area contributed by atoms with Crippen LogP contribution in [0.1, 0.15) is 5.56 Å². The van der Waals surface area contributed by atoms with Crippen LogP contribution < -0.4 is 4.74 Å². The number of halogens is 5. The molecular formula is C7H4BrClF3NO. The maximum atomic E-state index is 11.9. The number of aromatic nitrogens is 1. The summed E-state index contributed by atoms with van der Waals surface area (Å²) in [6, 6.07) is 0. The van der Waals surface area contributed by atoms with Crippen molar-refractivity contribution in [2.75, 3.05) is 0 Å². The predicted molar refractivity (Wildman–Crippen MR) is 48.4 cm³/mol. The first kappa shape index (κ1) is 11.6. The van der Waals surface area contributed by atoms with Crippen molar-refractivity contribution in [3.8, 4) is 5.75 Å². The molecule has 0 aliphatic rings. The summed E-state index contributed by atoms with van der Waals surface area (Å²) >= 11 is 8.56. The summed E-state index contributed by atoms with van der Waals surface area (Å²) in [7, 11) is 0. The van der Waals surface area contributed by atoms with Gasteiger partial charge in [0.25, 0.3) is 0 Å². The van der Waals surface area contributed by atoms with Gasteiger partial charge in [0.15, 0.2) is 5.75 Å². The largest absolute Gasteiger partial charge is 0.573 e. The van der Waals surface area contributed by atoms with Gasteiger partial charge in [-0.1, -0.05) is 11.6 Å². The van der Waals surface area contributed by atoms with Crippen LogP contribution in [0, 0.1) is 6.92 Å². The average Bonchev–Trinajstić information content (AvgIpc) is 2.04. The first-order chi connectivity index (χ1) is 6.31. The lowest BCUT2D eigenvalue weighted by molar-refractivity contribution is -0.275. The minimum absolute atomic E-state index is 0.0945. The molecule has 0 bridgehead atoms. The molecule has 14 heavy (non-hydrogen) atoms. The van der Waals surface area contributed by atoms with Gasteiger partial charge in [-0.3, -0.25) is 0 Å². The molecule has 0 aliphatic carbocycles. The molecule has 1 aromatic heterocycles. The smallest absolute Gasteiger partial charge is 0.404 e. The second-order valence-electron chi connectivity index (χ2n) is 2.40. The number of nitrogens with zero attached hydrogens (tertiary/aromatic N) is 1. The lowest BCUT2D eigenvalue weighted by atomic mass is 10.3. The first-order valence-electron chi connectivity index (χ1n) is 3.37. The van der Waals surface area contributed by atoms with Crippen LogP contribution in [0.25, 0.3) is 0 Å². The minimum Gasteiger partial charge on any atom is -0.404 e. The van der Waals surface area contributed by atoms with Gasteiger partial charge in [0, 0.05) is 5.56 Å². The van der Waals surface area contributed by atoms with E-state index in [1.165, 1.54) is 6.92 Å². The van der Waals surface area contributed by atoms with Crippen LogP contribution in [0.5, 0.6) is 5.75 Å². The van der Waals surface area contributed by atoms with E-state index in [9.17, 15) is 13.2 Å². The SMILES string of the molecule is Cc1c(OC(F)(F)F)cnc(Cl)c1Br. The van der Waals surface area contributed by atoms with Crippen molar-refractivity contribution in [2.45, 2.75) is 13.3 Å². The zero-order chi connectivity index (χ0) is 10.9. The molecule has 0 amide bonds. The molecule has 0 radical (unpaired) electrons. The maximum Gasteiger partial charge on any atom is 0.573 e. The van der Waals surface area contributed by atoms with Crippen LogP contribution in [0.4, 0.5) is 13.2 Å². The van der Waals surface area contributed by atoms with Crippen LogP contribution in [0.15, 0.2) is 10.7 Å². The van der Waals surface area contributed by atoms with Gasteiger partial charge >= 0.3 is 6.36 Å². The highest BCUT2D eigenvalue weighted by Gasteiger charge is 2.32. The fourth-order valence-corrected chi connectivity index (χ4v) is 1.25. The Hall–Kier alpha value is -0.490. The number of ether oxygens (including phenoxy) is 1. The first-order valence-corrected chi connectivity index (χ1v) is 4.54. The molecule has 0 aromatic carbocycles. The van der Waals surface area contributed by atoms with Crippen LogP contribution in [-0.2, 0) is 0 Å². The average molecular weight is 290 g/mol. The van der Waals surface area contributed by atoms with Crippen molar-refractivity contribution in [2.24, 2.45) is 0 Å². The fourth-order valence-electron chi connectivity index (χ4n) is 0.759. The quantitative estimate of drug-likeness (QED) is 0.736. The number of pyridine rings is 1. The van der Waals surface area contributed by atoms with Crippen LogP contribution in [-0.4, -0.2) is 11.3 Å². The topological polar surface area (TPSA) is 22.1 Å². The third-order valence-electron chi connectivity index (χ3n) is 1.40. The molecular weight excluding hydrogens is 286 g/mol. The number of alkyl halides is 3. The monoisotopic (exact) mass is 289 g/mol. The Morgan fingerprint density at radius 2 is 2.07 bits per heavy atom. The molecule has 0 fully saturated rings. The highest BCUT2D eigenvalue weighted by atomic mass is 79.9.